The van der Waals surface area contributed by atoms with E-state index in [-0.39, 0.29) is 5.92 Å². The van der Waals surface area contributed by atoms with Crippen molar-refractivity contribution >= 4 is 5.97 Å². The van der Waals surface area contributed by atoms with E-state index in [9.17, 15) is 15.0 Å². The zero-order valence-corrected chi connectivity index (χ0v) is 11.4. The van der Waals surface area contributed by atoms with E-state index < -0.39 is 18.1 Å². The Morgan fingerprint density at radius 3 is 2.47 bits per heavy atom. The fourth-order valence-electron chi connectivity index (χ4n) is 2.90. The molecule has 0 saturated heterocycles. The molecule has 0 amide bonds. The molecule has 6 nitrogen and oxygen atoms in total. The number of aliphatic hydroxyl groups excluding tert-OH is 1. The van der Waals surface area contributed by atoms with Crippen LogP contribution >= 0.6 is 0 Å². The van der Waals surface area contributed by atoms with E-state index in [4.69, 9.17) is 0 Å². The van der Waals surface area contributed by atoms with Gasteiger partial charge in [-0.25, -0.2) is 4.79 Å². The molecule has 0 bridgehead atoms. The van der Waals surface area contributed by atoms with Crippen molar-refractivity contribution in [3.63, 3.8) is 0 Å². The first kappa shape index (κ1) is 14.0. The fourth-order valence-corrected chi connectivity index (χ4v) is 2.90. The van der Waals surface area contributed by atoms with Gasteiger partial charge in [0.2, 0.25) is 0 Å². The predicted molar refractivity (Wildman–Crippen MR) is 68.9 cm³/mol. The van der Waals surface area contributed by atoms with E-state index in [2.05, 4.69) is 10.2 Å². The second kappa shape index (κ2) is 5.69. The van der Waals surface area contributed by atoms with Gasteiger partial charge in [0, 0.05) is 5.92 Å². The van der Waals surface area contributed by atoms with Crippen molar-refractivity contribution in [2.24, 2.45) is 0 Å². The largest absolute Gasteiger partial charge is 0.480 e. The average Bonchev–Trinajstić information content (AvgIpc) is 2.72. The van der Waals surface area contributed by atoms with E-state index in [0.29, 0.717) is 11.6 Å². The van der Waals surface area contributed by atoms with Crippen molar-refractivity contribution in [3.8, 4) is 0 Å². The number of carboxylic acids is 1. The lowest BCUT2D eigenvalue weighted by atomic mass is 9.88. The SMILES string of the molecule is Cc1nnc(C2CCCCC2)n1C(C(=O)O)C(C)O. The molecule has 0 aliphatic heterocycles. The van der Waals surface area contributed by atoms with Crippen LogP contribution < -0.4 is 0 Å². The van der Waals surface area contributed by atoms with E-state index in [0.717, 1.165) is 25.7 Å². The predicted octanol–water partition coefficient (Wildman–Crippen LogP) is 1.64. The molecule has 106 valence electrons. The fraction of sp³-hybridized carbons (Fsp3) is 0.769. The molecule has 6 heteroatoms. The van der Waals surface area contributed by atoms with Crippen LogP contribution in [0.1, 0.15) is 62.6 Å². The van der Waals surface area contributed by atoms with E-state index in [1.165, 1.54) is 13.3 Å². The Kier molecular flexibility index (Phi) is 4.19. The van der Waals surface area contributed by atoms with Crippen LogP contribution in [0, 0.1) is 6.92 Å². The maximum Gasteiger partial charge on any atom is 0.329 e. The molecule has 1 saturated carbocycles. The summed E-state index contributed by atoms with van der Waals surface area (Å²) in [6, 6.07) is -1.01. The molecule has 1 aromatic heterocycles. The van der Waals surface area contributed by atoms with Crippen molar-refractivity contribution in [3.05, 3.63) is 11.6 Å². The van der Waals surface area contributed by atoms with Crippen LogP contribution in [0.2, 0.25) is 0 Å². The first-order chi connectivity index (χ1) is 9.02. The number of nitrogens with zero attached hydrogens (tertiary/aromatic N) is 3. The van der Waals surface area contributed by atoms with Gasteiger partial charge in [-0.2, -0.15) is 0 Å². The van der Waals surface area contributed by atoms with Crippen LogP contribution in [-0.2, 0) is 4.79 Å². The molecule has 19 heavy (non-hydrogen) atoms. The standard InChI is InChI=1S/C13H21N3O3/c1-8(17)11(13(18)19)16-9(2)14-15-12(16)10-6-4-3-5-7-10/h8,10-11,17H,3-7H2,1-2H3,(H,18,19). The molecule has 0 aromatic carbocycles. The molecule has 1 fully saturated rings. The van der Waals surface area contributed by atoms with Gasteiger partial charge in [0.05, 0.1) is 6.10 Å². The lowest BCUT2D eigenvalue weighted by Gasteiger charge is -2.25. The van der Waals surface area contributed by atoms with Crippen LogP contribution in [0.3, 0.4) is 0 Å². The van der Waals surface area contributed by atoms with Crippen LogP contribution in [-0.4, -0.2) is 37.1 Å². The van der Waals surface area contributed by atoms with Gasteiger partial charge in [-0.1, -0.05) is 19.3 Å². The summed E-state index contributed by atoms with van der Waals surface area (Å²) in [5, 5.41) is 27.3. The lowest BCUT2D eigenvalue weighted by Crippen LogP contribution is -2.32. The van der Waals surface area contributed by atoms with Crippen LogP contribution in [0.25, 0.3) is 0 Å². The van der Waals surface area contributed by atoms with Gasteiger partial charge in [0.1, 0.15) is 11.6 Å². The number of aryl methyl sites for hydroxylation is 1. The number of hydrogen-bond donors (Lipinski definition) is 2. The third-order valence-electron chi connectivity index (χ3n) is 3.85. The second-order valence-corrected chi connectivity index (χ2v) is 5.33. The summed E-state index contributed by atoms with van der Waals surface area (Å²) in [5.41, 5.74) is 0. The molecule has 0 spiro atoms. The highest BCUT2D eigenvalue weighted by Crippen LogP contribution is 2.33. The maximum atomic E-state index is 11.4. The molecule has 2 unspecified atom stereocenters. The van der Waals surface area contributed by atoms with Crippen LogP contribution in [0.5, 0.6) is 0 Å². The second-order valence-electron chi connectivity index (χ2n) is 5.33. The number of aliphatic carboxylic acids is 1. The summed E-state index contributed by atoms with van der Waals surface area (Å²) in [7, 11) is 0. The molecule has 1 aromatic rings. The minimum atomic E-state index is -1.05. The third-order valence-corrected chi connectivity index (χ3v) is 3.85. The van der Waals surface area contributed by atoms with Crippen LogP contribution in [0.15, 0.2) is 0 Å². The number of rotatable bonds is 4. The third kappa shape index (κ3) is 2.78. The van der Waals surface area contributed by atoms with Gasteiger partial charge in [0.25, 0.3) is 0 Å². The normalized spacial score (nSPS) is 20.2. The molecule has 1 aliphatic rings. The summed E-state index contributed by atoms with van der Waals surface area (Å²) in [5.74, 6) is 0.477. The van der Waals surface area contributed by atoms with E-state index >= 15 is 0 Å². The molecule has 1 heterocycles. The summed E-state index contributed by atoms with van der Waals surface area (Å²) in [6.07, 6.45) is 4.57. The number of carboxylic acid groups (broad SMARTS) is 1. The lowest BCUT2D eigenvalue weighted by molar-refractivity contribution is -0.144. The average molecular weight is 267 g/mol. The monoisotopic (exact) mass is 267 g/mol. The van der Waals surface area contributed by atoms with Crippen LogP contribution in [0.4, 0.5) is 0 Å². The molecular weight excluding hydrogens is 246 g/mol. The van der Waals surface area contributed by atoms with Crippen molar-refractivity contribution in [1.82, 2.24) is 14.8 Å². The molecule has 1 aliphatic carbocycles. The highest BCUT2D eigenvalue weighted by Gasteiger charge is 2.32. The summed E-state index contributed by atoms with van der Waals surface area (Å²) in [6.45, 7) is 3.22. The van der Waals surface area contributed by atoms with E-state index in [1.54, 1.807) is 11.5 Å². The van der Waals surface area contributed by atoms with Gasteiger partial charge in [-0.05, 0) is 26.7 Å². The van der Waals surface area contributed by atoms with Gasteiger partial charge >= 0.3 is 5.97 Å². The quantitative estimate of drug-likeness (QED) is 0.865. The zero-order valence-electron chi connectivity index (χ0n) is 11.4. The van der Waals surface area contributed by atoms with Gasteiger partial charge in [-0.15, -0.1) is 10.2 Å². The molecule has 0 radical (unpaired) electrons. The zero-order chi connectivity index (χ0) is 14.0. The number of aromatic nitrogens is 3. The van der Waals surface area contributed by atoms with Gasteiger partial charge in [-0.3, -0.25) is 4.57 Å². The Labute approximate surface area is 112 Å². The summed E-state index contributed by atoms with van der Waals surface area (Å²) in [4.78, 5) is 11.4. The minimum absolute atomic E-state index is 0.260. The van der Waals surface area contributed by atoms with E-state index in [1.807, 2.05) is 0 Å². The Morgan fingerprint density at radius 2 is 1.95 bits per heavy atom. The highest BCUT2D eigenvalue weighted by atomic mass is 16.4. The number of hydrogen-bond acceptors (Lipinski definition) is 4. The minimum Gasteiger partial charge on any atom is -0.480 e. The molecule has 2 atom stereocenters. The highest BCUT2D eigenvalue weighted by molar-refractivity contribution is 5.72. The summed E-state index contributed by atoms with van der Waals surface area (Å²) < 4.78 is 1.60. The molecular formula is C13H21N3O3. The van der Waals surface area contributed by atoms with Gasteiger partial charge in [0.15, 0.2) is 6.04 Å². The first-order valence-electron chi connectivity index (χ1n) is 6.84. The van der Waals surface area contributed by atoms with Crippen molar-refractivity contribution in [2.75, 3.05) is 0 Å². The number of aliphatic hydroxyl groups is 1. The molecule has 2 N–H and O–H groups in total. The first-order valence-corrected chi connectivity index (χ1v) is 6.84. The van der Waals surface area contributed by atoms with Crippen molar-refractivity contribution < 1.29 is 15.0 Å². The maximum absolute atomic E-state index is 11.4. The Hall–Kier alpha value is -1.43. The topological polar surface area (TPSA) is 88.2 Å². The summed E-state index contributed by atoms with van der Waals surface area (Å²) >= 11 is 0. The number of carbonyl (C=O) groups is 1. The smallest absolute Gasteiger partial charge is 0.329 e. The van der Waals surface area contributed by atoms with Gasteiger partial charge < -0.3 is 10.2 Å². The Morgan fingerprint density at radius 1 is 1.32 bits per heavy atom. The molecule has 2 rings (SSSR count). The van der Waals surface area contributed by atoms with Crippen molar-refractivity contribution in [1.29, 1.82) is 0 Å². The van der Waals surface area contributed by atoms with Crippen molar-refractivity contribution in [2.45, 2.75) is 64.0 Å². The Balaban J connectivity index is 2.38. The Bertz CT molecular complexity index is 450.